The van der Waals surface area contributed by atoms with E-state index in [9.17, 15) is 0 Å². The number of rotatable bonds is 3. The average Bonchev–Trinajstić information content (AvgIpc) is 3.46. The van der Waals surface area contributed by atoms with E-state index in [-0.39, 0.29) is 0 Å². The molecule has 2 heteroatoms. The fourth-order valence-electron chi connectivity index (χ4n) is 6.42. The first-order valence-electron chi connectivity index (χ1n) is 14.6. The Balaban J connectivity index is 1.19. The van der Waals surface area contributed by atoms with Crippen molar-refractivity contribution in [2.24, 2.45) is 0 Å². The summed E-state index contributed by atoms with van der Waals surface area (Å²) in [5.74, 6) is 0. The normalized spacial score (nSPS) is 11.7. The third-order valence-electron chi connectivity index (χ3n) is 8.65. The predicted octanol–water partition coefficient (Wildman–Crippen LogP) is 11.4. The minimum Gasteiger partial charge on any atom is -0.454 e. The van der Waals surface area contributed by atoms with Crippen molar-refractivity contribution < 1.29 is 4.42 Å². The van der Waals surface area contributed by atoms with Crippen molar-refractivity contribution in [1.29, 1.82) is 0 Å². The molecule has 0 aliphatic rings. The van der Waals surface area contributed by atoms with Crippen LogP contribution >= 0.6 is 0 Å². The molecule has 200 valence electrons. The Morgan fingerprint density at radius 2 is 0.977 bits per heavy atom. The number of benzene rings is 7. The van der Waals surface area contributed by atoms with E-state index in [0.717, 1.165) is 44.5 Å². The number of pyridine rings is 1. The van der Waals surface area contributed by atoms with Gasteiger partial charge < -0.3 is 4.42 Å². The van der Waals surface area contributed by atoms with Crippen molar-refractivity contribution in [3.8, 4) is 33.6 Å². The standard InChI is InChI=1S/C41H25NO/c1-2-9-31-23-33(22-15-26(31)7-1)40-41-37(35-11-5-6-12-39(35)43-41)25-38(42-40)30-19-13-27(14-20-30)32-21-18-29-17-16-28-8-3-4-10-34(28)36(29)24-32/h1-25H. The van der Waals surface area contributed by atoms with Crippen molar-refractivity contribution in [2.75, 3.05) is 0 Å². The quantitative estimate of drug-likeness (QED) is 0.206. The maximum Gasteiger partial charge on any atom is 0.161 e. The van der Waals surface area contributed by atoms with Gasteiger partial charge in [0.15, 0.2) is 5.58 Å². The zero-order valence-corrected chi connectivity index (χ0v) is 23.3. The van der Waals surface area contributed by atoms with Gasteiger partial charge >= 0.3 is 0 Å². The van der Waals surface area contributed by atoms with Crippen LogP contribution < -0.4 is 0 Å². The van der Waals surface area contributed by atoms with Gasteiger partial charge in [-0.25, -0.2) is 4.98 Å². The summed E-state index contributed by atoms with van der Waals surface area (Å²) in [6.45, 7) is 0. The summed E-state index contributed by atoms with van der Waals surface area (Å²) in [7, 11) is 0. The molecule has 0 unspecified atom stereocenters. The third kappa shape index (κ3) is 3.92. The van der Waals surface area contributed by atoms with Crippen molar-refractivity contribution in [3.63, 3.8) is 0 Å². The lowest BCUT2D eigenvalue weighted by molar-refractivity contribution is 0.668. The Bertz CT molecular complexity index is 2500. The van der Waals surface area contributed by atoms with Crippen LogP contribution in [0.5, 0.6) is 0 Å². The van der Waals surface area contributed by atoms with Gasteiger partial charge in [-0.3, -0.25) is 0 Å². The number of para-hydroxylation sites is 1. The smallest absolute Gasteiger partial charge is 0.161 e. The lowest BCUT2D eigenvalue weighted by atomic mass is 9.96. The van der Waals surface area contributed by atoms with E-state index in [1.807, 2.05) is 12.1 Å². The van der Waals surface area contributed by atoms with Gasteiger partial charge in [-0.05, 0) is 67.7 Å². The molecule has 0 fully saturated rings. The summed E-state index contributed by atoms with van der Waals surface area (Å²) >= 11 is 0. The number of hydrogen-bond donors (Lipinski definition) is 0. The molecule has 0 aliphatic carbocycles. The molecule has 9 aromatic rings. The number of nitrogens with zero attached hydrogens (tertiary/aromatic N) is 1. The van der Waals surface area contributed by atoms with Gasteiger partial charge in [0, 0.05) is 21.9 Å². The van der Waals surface area contributed by atoms with Crippen LogP contribution in [0, 0.1) is 0 Å². The summed E-state index contributed by atoms with van der Waals surface area (Å²) in [6, 6.07) is 53.9. The largest absolute Gasteiger partial charge is 0.454 e. The van der Waals surface area contributed by atoms with Crippen LogP contribution in [0.25, 0.3) is 87.9 Å². The third-order valence-corrected chi connectivity index (χ3v) is 8.65. The topological polar surface area (TPSA) is 26.0 Å². The molecule has 9 rings (SSSR count). The molecule has 0 aliphatic heterocycles. The van der Waals surface area contributed by atoms with Gasteiger partial charge in [-0.2, -0.15) is 0 Å². The molecule has 0 saturated heterocycles. The zero-order chi connectivity index (χ0) is 28.3. The van der Waals surface area contributed by atoms with Crippen molar-refractivity contribution in [2.45, 2.75) is 0 Å². The van der Waals surface area contributed by atoms with Crippen LogP contribution in [-0.4, -0.2) is 4.98 Å². The molecule has 2 nitrogen and oxygen atoms in total. The fourth-order valence-corrected chi connectivity index (χ4v) is 6.42. The molecule has 0 bridgehead atoms. The van der Waals surface area contributed by atoms with Gasteiger partial charge in [-0.1, -0.05) is 127 Å². The lowest BCUT2D eigenvalue weighted by Crippen LogP contribution is -1.90. The SMILES string of the molecule is c1ccc2cc(-c3nc(-c4ccc(-c5ccc6ccc7ccccc7c6c5)cc4)cc4c3oc3ccccc34)ccc2c1. The Kier molecular flexibility index (Phi) is 5.23. The van der Waals surface area contributed by atoms with Crippen LogP contribution in [0.4, 0.5) is 0 Å². The fraction of sp³-hybridized carbons (Fsp3) is 0. The Morgan fingerprint density at radius 1 is 0.372 bits per heavy atom. The van der Waals surface area contributed by atoms with Crippen LogP contribution in [0.3, 0.4) is 0 Å². The summed E-state index contributed by atoms with van der Waals surface area (Å²) in [6.07, 6.45) is 0. The molecule has 2 aromatic heterocycles. The summed E-state index contributed by atoms with van der Waals surface area (Å²) in [5, 5.41) is 9.65. The summed E-state index contributed by atoms with van der Waals surface area (Å²) < 4.78 is 6.42. The number of aromatic nitrogens is 1. The molecule has 0 spiro atoms. The zero-order valence-electron chi connectivity index (χ0n) is 23.3. The van der Waals surface area contributed by atoms with Crippen molar-refractivity contribution in [1.82, 2.24) is 4.98 Å². The van der Waals surface area contributed by atoms with Crippen LogP contribution in [0.15, 0.2) is 156 Å². The highest BCUT2D eigenvalue weighted by Crippen LogP contribution is 2.39. The first kappa shape index (κ1) is 23.9. The number of fused-ring (bicyclic) bond motifs is 7. The lowest BCUT2D eigenvalue weighted by Gasteiger charge is -2.10. The van der Waals surface area contributed by atoms with E-state index in [0.29, 0.717) is 0 Å². The predicted molar refractivity (Wildman–Crippen MR) is 180 cm³/mol. The molecular weight excluding hydrogens is 522 g/mol. The molecule has 7 aromatic carbocycles. The molecule has 0 atom stereocenters. The van der Waals surface area contributed by atoms with Gasteiger partial charge in [0.05, 0.1) is 5.69 Å². The Morgan fingerprint density at radius 3 is 1.84 bits per heavy atom. The second-order valence-electron chi connectivity index (χ2n) is 11.2. The molecular formula is C41H25NO. The van der Waals surface area contributed by atoms with E-state index in [4.69, 9.17) is 9.40 Å². The number of furan rings is 1. The molecule has 43 heavy (non-hydrogen) atoms. The first-order chi connectivity index (χ1) is 21.3. The number of hydrogen-bond acceptors (Lipinski definition) is 2. The van der Waals surface area contributed by atoms with Gasteiger partial charge in [-0.15, -0.1) is 0 Å². The van der Waals surface area contributed by atoms with Crippen LogP contribution in [0.1, 0.15) is 0 Å². The van der Waals surface area contributed by atoms with E-state index in [1.54, 1.807) is 0 Å². The second-order valence-corrected chi connectivity index (χ2v) is 11.2. The van der Waals surface area contributed by atoms with Crippen molar-refractivity contribution in [3.05, 3.63) is 152 Å². The van der Waals surface area contributed by atoms with Gasteiger partial charge in [0.2, 0.25) is 0 Å². The van der Waals surface area contributed by atoms with Gasteiger partial charge in [0.1, 0.15) is 11.3 Å². The summed E-state index contributed by atoms with van der Waals surface area (Å²) in [5.41, 5.74) is 7.99. The minimum absolute atomic E-state index is 0.820. The molecule has 2 heterocycles. The molecule has 0 radical (unpaired) electrons. The van der Waals surface area contributed by atoms with Crippen LogP contribution in [-0.2, 0) is 0 Å². The molecule has 0 saturated carbocycles. The molecule has 0 N–H and O–H groups in total. The van der Waals surface area contributed by atoms with Gasteiger partial charge in [0.25, 0.3) is 0 Å². The Labute approximate surface area is 248 Å². The first-order valence-corrected chi connectivity index (χ1v) is 14.6. The van der Waals surface area contributed by atoms with E-state index >= 15 is 0 Å². The monoisotopic (exact) mass is 547 g/mol. The highest BCUT2D eigenvalue weighted by molar-refractivity contribution is 6.11. The van der Waals surface area contributed by atoms with E-state index < -0.39 is 0 Å². The minimum atomic E-state index is 0.820. The van der Waals surface area contributed by atoms with Crippen molar-refractivity contribution >= 4 is 54.3 Å². The average molecular weight is 548 g/mol. The molecule has 0 amide bonds. The summed E-state index contributed by atoms with van der Waals surface area (Å²) in [4.78, 5) is 5.23. The highest BCUT2D eigenvalue weighted by atomic mass is 16.3. The van der Waals surface area contributed by atoms with E-state index in [1.165, 1.54) is 43.4 Å². The van der Waals surface area contributed by atoms with E-state index in [2.05, 4.69) is 140 Å². The Hall–Kier alpha value is -5.73. The van der Waals surface area contributed by atoms with Crippen LogP contribution in [0.2, 0.25) is 0 Å². The highest BCUT2D eigenvalue weighted by Gasteiger charge is 2.17. The second kappa shape index (κ2) is 9.40. The maximum absolute atomic E-state index is 6.42. The maximum atomic E-state index is 6.42.